The third-order valence-electron chi connectivity index (χ3n) is 3.71. The molecule has 1 amide bonds. The van der Waals surface area contributed by atoms with Crippen LogP contribution in [0.15, 0.2) is 42.5 Å². The van der Waals surface area contributed by atoms with Crippen LogP contribution in [-0.2, 0) is 4.79 Å². The fourth-order valence-corrected chi connectivity index (χ4v) is 2.57. The maximum atomic E-state index is 13.4. The minimum atomic E-state index is -0.687. The largest absolute Gasteiger partial charge is 0.505 e. The summed E-state index contributed by atoms with van der Waals surface area (Å²) in [6, 6.07) is 11.5. The monoisotopic (exact) mass is 286 g/mol. The second kappa shape index (κ2) is 5.09. The predicted octanol–water partition coefficient (Wildman–Crippen LogP) is 3.05. The van der Waals surface area contributed by atoms with E-state index in [2.05, 4.69) is 5.32 Å². The number of nitrogens with zero attached hydrogens (tertiary/aromatic N) is 1. The van der Waals surface area contributed by atoms with Crippen LogP contribution in [0.5, 0.6) is 5.75 Å². The SMILES string of the molecule is CN1C(=O)CC(Nc2ccc(O)c(F)c2)c2ccccc21. The van der Waals surface area contributed by atoms with E-state index in [1.165, 1.54) is 12.1 Å². The van der Waals surface area contributed by atoms with Gasteiger partial charge in [-0.1, -0.05) is 18.2 Å². The molecule has 0 aliphatic carbocycles. The number of hydrogen-bond acceptors (Lipinski definition) is 3. The number of phenols is 1. The zero-order chi connectivity index (χ0) is 15.0. The summed E-state index contributed by atoms with van der Waals surface area (Å²) < 4.78 is 13.4. The van der Waals surface area contributed by atoms with Crippen molar-refractivity contribution in [1.82, 2.24) is 0 Å². The molecule has 2 aromatic rings. The Labute approximate surface area is 121 Å². The molecule has 1 heterocycles. The summed E-state index contributed by atoms with van der Waals surface area (Å²) in [5.41, 5.74) is 2.38. The van der Waals surface area contributed by atoms with Crippen LogP contribution in [0.4, 0.5) is 15.8 Å². The first-order chi connectivity index (χ1) is 10.1. The summed E-state index contributed by atoms with van der Waals surface area (Å²) in [6.07, 6.45) is 0.302. The fraction of sp³-hybridized carbons (Fsp3) is 0.188. The maximum Gasteiger partial charge on any atom is 0.229 e. The lowest BCUT2D eigenvalue weighted by Crippen LogP contribution is -2.35. The van der Waals surface area contributed by atoms with E-state index in [0.717, 1.165) is 11.3 Å². The lowest BCUT2D eigenvalue weighted by atomic mass is 9.96. The van der Waals surface area contributed by atoms with Crippen molar-refractivity contribution in [2.45, 2.75) is 12.5 Å². The standard InChI is InChI=1S/C16H15FN2O2/c1-19-14-5-3-2-4-11(14)13(9-16(19)21)18-10-6-7-15(20)12(17)8-10/h2-8,13,18,20H,9H2,1H3. The quantitative estimate of drug-likeness (QED) is 0.834. The average molecular weight is 286 g/mol. The molecule has 0 spiro atoms. The van der Waals surface area contributed by atoms with Gasteiger partial charge in [0.25, 0.3) is 0 Å². The van der Waals surface area contributed by atoms with Gasteiger partial charge in [0, 0.05) is 24.5 Å². The van der Waals surface area contributed by atoms with E-state index in [1.807, 2.05) is 24.3 Å². The lowest BCUT2D eigenvalue weighted by Gasteiger charge is -2.32. The highest BCUT2D eigenvalue weighted by Gasteiger charge is 2.28. The molecule has 0 aromatic heterocycles. The molecule has 21 heavy (non-hydrogen) atoms. The molecule has 0 saturated carbocycles. The first-order valence-electron chi connectivity index (χ1n) is 6.67. The highest BCUT2D eigenvalue weighted by Crippen LogP contribution is 2.36. The Bertz CT molecular complexity index is 702. The number of nitrogens with one attached hydrogen (secondary N) is 1. The average Bonchev–Trinajstić information content (AvgIpc) is 2.48. The van der Waals surface area contributed by atoms with Crippen molar-refractivity contribution in [3.8, 4) is 5.75 Å². The number of carbonyl (C=O) groups excluding carboxylic acids is 1. The topological polar surface area (TPSA) is 52.6 Å². The second-order valence-corrected chi connectivity index (χ2v) is 5.08. The molecule has 0 radical (unpaired) electrons. The summed E-state index contributed by atoms with van der Waals surface area (Å²) in [7, 11) is 1.75. The number of halogens is 1. The molecule has 0 saturated heterocycles. The maximum absolute atomic E-state index is 13.4. The molecule has 1 aliphatic heterocycles. The normalized spacial score (nSPS) is 17.5. The van der Waals surface area contributed by atoms with Crippen LogP contribution in [-0.4, -0.2) is 18.1 Å². The van der Waals surface area contributed by atoms with Gasteiger partial charge in [-0.15, -0.1) is 0 Å². The van der Waals surface area contributed by atoms with Gasteiger partial charge in [-0.25, -0.2) is 4.39 Å². The van der Waals surface area contributed by atoms with Gasteiger partial charge in [-0.3, -0.25) is 4.79 Å². The summed E-state index contributed by atoms with van der Waals surface area (Å²) in [4.78, 5) is 13.7. The van der Waals surface area contributed by atoms with Gasteiger partial charge in [-0.2, -0.15) is 0 Å². The number of carbonyl (C=O) groups is 1. The van der Waals surface area contributed by atoms with Crippen LogP contribution in [0.2, 0.25) is 0 Å². The molecular formula is C16H15FN2O2. The first kappa shape index (κ1) is 13.4. The highest BCUT2D eigenvalue weighted by atomic mass is 19.1. The summed E-state index contributed by atoms with van der Waals surface area (Å²) in [5, 5.41) is 12.4. The van der Waals surface area contributed by atoms with Crippen molar-refractivity contribution < 1.29 is 14.3 Å². The van der Waals surface area contributed by atoms with Crippen molar-refractivity contribution in [2.24, 2.45) is 0 Å². The van der Waals surface area contributed by atoms with E-state index in [1.54, 1.807) is 18.0 Å². The van der Waals surface area contributed by atoms with E-state index in [9.17, 15) is 14.3 Å². The number of amides is 1. The van der Waals surface area contributed by atoms with Gasteiger partial charge in [0.2, 0.25) is 5.91 Å². The summed E-state index contributed by atoms with van der Waals surface area (Å²) >= 11 is 0. The first-order valence-corrected chi connectivity index (χ1v) is 6.67. The third-order valence-corrected chi connectivity index (χ3v) is 3.71. The second-order valence-electron chi connectivity index (χ2n) is 5.08. The van der Waals surface area contributed by atoms with Gasteiger partial charge >= 0.3 is 0 Å². The molecule has 3 rings (SSSR count). The van der Waals surface area contributed by atoms with Crippen molar-refractivity contribution in [3.63, 3.8) is 0 Å². The van der Waals surface area contributed by atoms with E-state index >= 15 is 0 Å². The van der Waals surface area contributed by atoms with E-state index < -0.39 is 5.82 Å². The van der Waals surface area contributed by atoms with Crippen LogP contribution in [0.3, 0.4) is 0 Å². The number of aromatic hydroxyl groups is 1. The molecule has 2 N–H and O–H groups in total. The minimum Gasteiger partial charge on any atom is -0.505 e. The van der Waals surface area contributed by atoms with Gasteiger partial charge in [0.15, 0.2) is 11.6 Å². The molecule has 0 bridgehead atoms. The molecule has 1 unspecified atom stereocenters. The molecule has 0 fully saturated rings. The van der Waals surface area contributed by atoms with Crippen LogP contribution in [0.25, 0.3) is 0 Å². The third kappa shape index (κ3) is 2.42. The summed E-state index contributed by atoms with van der Waals surface area (Å²) in [5.74, 6) is -1.07. The molecular weight excluding hydrogens is 271 g/mol. The van der Waals surface area contributed by atoms with Crippen molar-refractivity contribution >= 4 is 17.3 Å². The zero-order valence-corrected chi connectivity index (χ0v) is 11.5. The van der Waals surface area contributed by atoms with E-state index in [4.69, 9.17) is 0 Å². The Morgan fingerprint density at radius 2 is 2.05 bits per heavy atom. The fourth-order valence-electron chi connectivity index (χ4n) is 2.57. The van der Waals surface area contributed by atoms with Crippen LogP contribution in [0.1, 0.15) is 18.0 Å². The Kier molecular flexibility index (Phi) is 3.25. The minimum absolute atomic E-state index is 0.00505. The van der Waals surface area contributed by atoms with Crippen LogP contribution >= 0.6 is 0 Å². The Morgan fingerprint density at radius 3 is 2.81 bits per heavy atom. The number of rotatable bonds is 2. The lowest BCUT2D eigenvalue weighted by molar-refractivity contribution is -0.118. The Hall–Kier alpha value is -2.56. The number of benzene rings is 2. The van der Waals surface area contributed by atoms with Crippen LogP contribution < -0.4 is 10.2 Å². The van der Waals surface area contributed by atoms with Gasteiger partial charge < -0.3 is 15.3 Å². The van der Waals surface area contributed by atoms with Crippen molar-refractivity contribution in [1.29, 1.82) is 0 Å². The molecule has 1 aliphatic rings. The van der Waals surface area contributed by atoms with Gasteiger partial charge in [0.05, 0.1) is 12.5 Å². The van der Waals surface area contributed by atoms with Gasteiger partial charge in [0.1, 0.15) is 0 Å². The molecule has 2 aromatic carbocycles. The number of hydrogen-bond donors (Lipinski definition) is 2. The van der Waals surface area contributed by atoms with Crippen molar-refractivity contribution in [3.05, 3.63) is 53.8 Å². The Morgan fingerprint density at radius 1 is 1.29 bits per heavy atom. The number of phenolic OH excluding ortho intramolecular Hbond substituents is 1. The molecule has 108 valence electrons. The zero-order valence-electron chi connectivity index (χ0n) is 11.5. The molecule has 1 atom stereocenters. The predicted molar refractivity (Wildman–Crippen MR) is 78.9 cm³/mol. The van der Waals surface area contributed by atoms with Crippen molar-refractivity contribution in [2.75, 3.05) is 17.3 Å². The van der Waals surface area contributed by atoms with E-state index in [-0.39, 0.29) is 17.7 Å². The van der Waals surface area contributed by atoms with E-state index in [0.29, 0.717) is 12.1 Å². The molecule has 4 nitrogen and oxygen atoms in total. The number of fused-ring (bicyclic) bond motifs is 1. The van der Waals surface area contributed by atoms with Gasteiger partial charge in [-0.05, 0) is 23.8 Å². The summed E-state index contributed by atoms with van der Waals surface area (Å²) in [6.45, 7) is 0. The van der Waals surface area contributed by atoms with Crippen LogP contribution in [0, 0.1) is 5.82 Å². The highest BCUT2D eigenvalue weighted by molar-refractivity contribution is 5.97. The number of anilines is 2. The smallest absolute Gasteiger partial charge is 0.229 e. The molecule has 5 heteroatoms. The number of para-hydroxylation sites is 1. The Balaban J connectivity index is 1.93.